The largest absolute Gasteiger partial charge is 0.493 e. The maximum atomic E-state index is 12.2. The first kappa shape index (κ1) is 23.0. The minimum Gasteiger partial charge on any atom is -0.493 e. The van der Waals surface area contributed by atoms with Crippen LogP contribution in [0.2, 0.25) is 0 Å². The van der Waals surface area contributed by atoms with E-state index in [2.05, 4.69) is 24.9 Å². The predicted molar refractivity (Wildman–Crippen MR) is 120 cm³/mol. The fraction of sp³-hybridized carbons (Fsp3) is 0.480. The summed E-state index contributed by atoms with van der Waals surface area (Å²) in [6, 6.07) is 11.5. The van der Waals surface area contributed by atoms with E-state index in [1.807, 2.05) is 18.2 Å². The van der Waals surface area contributed by atoms with Gasteiger partial charge in [0.1, 0.15) is 5.75 Å². The van der Waals surface area contributed by atoms with Gasteiger partial charge in [0, 0.05) is 31.3 Å². The van der Waals surface area contributed by atoms with E-state index in [0.29, 0.717) is 31.1 Å². The third-order valence-electron chi connectivity index (χ3n) is 6.13. The van der Waals surface area contributed by atoms with Crippen LogP contribution in [0.5, 0.6) is 5.75 Å². The summed E-state index contributed by atoms with van der Waals surface area (Å²) in [5.41, 5.74) is 1.43. The smallest absolute Gasteiger partial charge is 0.421 e. The number of para-hydroxylation sites is 1. The fourth-order valence-electron chi connectivity index (χ4n) is 4.41. The molecular formula is C25H30N2O6. The van der Waals surface area contributed by atoms with E-state index in [-0.39, 0.29) is 18.0 Å². The maximum Gasteiger partial charge on any atom is 0.421 e. The molecule has 1 aromatic heterocycles. The van der Waals surface area contributed by atoms with Gasteiger partial charge in [-0.15, -0.1) is 0 Å². The number of hydrogen-bond acceptors (Lipinski definition) is 7. The molecule has 8 heteroatoms. The highest BCUT2D eigenvalue weighted by Crippen LogP contribution is 2.40. The van der Waals surface area contributed by atoms with Gasteiger partial charge in [-0.2, -0.15) is 0 Å². The third-order valence-corrected chi connectivity index (χ3v) is 6.13. The van der Waals surface area contributed by atoms with Crippen molar-refractivity contribution in [2.24, 2.45) is 11.8 Å². The van der Waals surface area contributed by atoms with Gasteiger partial charge in [-0.25, -0.2) is 14.5 Å². The molecule has 0 aliphatic carbocycles. The molecule has 1 aromatic carbocycles. The van der Waals surface area contributed by atoms with E-state index in [9.17, 15) is 14.4 Å². The van der Waals surface area contributed by atoms with Gasteiger partial charge in [0.15, 0.2) is 0 Å². The van der Waals surface area contributed by atoms with Crippen LogP contribution < -0.4 is 10.3 Å². The van der Waals surface area contributed by atoms with E-state index in [1.165, 1.54) is 0 Å². The van der Waals surface area contributed by atoms with Crippen molar-refractivity contribution in [3.8, 4) is 5.75 Å². The predicted octanol–water partition coefficient (Wildman–Crippen LogP) is 3.01. The highest BCUT2D eigenvalue weighted by molar-refractivity contribution is 6.31. The lowest BCUT2D eigenvalue weighted by molar-refractivity contribution is -0.274. The summed E-state index contributed by atoms with van der Waals surface area (Å²) >= 11 is 0. The molecule has 4 rings (SSSR count). The average Bonchev–Trinajstić information content (AvgIpc) is 3.07. The summed E-state index contributed by atoms with van der Waals surface area (Å²) < 4.78 is 16.9. The van der Waals surface area contributed by atoms with Gasteiger partial charge in [-0.1, -0.05) is 38.1 Å². The number of esters is 2. The van der Waals surface area contributed by atoms with Crippen molar-refractivity contribution in [3.63, 3.8) is 0 Å². The first-order chi connectivity index (χ1) is 15.9. The van der Waals surface area contributed by atoms with Crippen LogP contribution in [0.1, 0.15) is 44.2 Å². The molecule has 2 saturated heterocycles. The maximum absolute atomic E-state index is 12.2. The molecule has 0 radical (unpaired) electrons. The van der Waals surface area contributed by atoms with Crippen molar-refractivity contribution < 1.29 is 23.8 Å². The van der Waals surface area contributed by atoms with E-state index in [1.54, 1.807) is 23.2 Å². The summed E-state index contributed by atoms with van der Waals surface area (Å²) in [5.74, 6) is -1.95. The quantitative estimate of drug-likeness (QED) is 0.484. The minimum absolute atomic E-state index is 0.173. The SMILES string of the molecule is CC(C)COc1ccccc1CCC1CCN(Cc2ccc[nH]c2=O)C2(C1)OC(=O)C(=O)O2. The molecule has 33 heavy (non-hydrogen) atoms. The number of aryl methyl sites for hydroxylation is 1. The number of carbonyl (C=O) groups excluding carboxylic acids is 2. The second kappa shape index (κ2) is 9.79. The van der Waals surface area contributed by atoms with Gasteiger partial charge in [0.2, 0.25) is 0 Å². The Balaban J connectivity index is 1.46. The first-order valence-electron chi connectivity index (χ1n) is 11.4. The van der Waals surface area contributed by atoms with Crippen LogP contribution in [-0.4, -0.2) is 40.9 Å². The highest BCUT2D eigenvalue weighted by Gasteiger charge is 2.55. The molecule has 2 aliphatic rings. The number of hydrogen-bond donors (Lipinski definition) is 1. The van der Waals surface area contributed by atoms with Crippen molar-refractivity contribution in [2.75, 3.05) is 13.2 Å². The number of aromatic nitrogens is 1. The molecule has 1 N–H and O–H groups in total. The molecule has 1 spiro atoms. The van der Waals surface area contributed by atoms with Gasteiger partial charge in [-0.3, -0.25) is 4.79 Å². The molecule has 1 unspecified atom stereocenters. The summed E-state index contributed by atoms with van der Waals surface area (Å²) in [6.07, 6.45) is 4.39. The Morgan fingerprint density at radius 1 is 1.09 bits per heavy atom. The number of ether oxygens (including phenoxy) is 3. The molecule has 8 nitrogen and oxygen atoms in total. The van der Waals surface area contributed by atoms with Crippen molar-refractivity contribution in [2.45, 2.75) is 52.0 Å². The number of carbonyl (C=O) groups is 2. The molecule has 2 aliphatic heterocycles. The molecule has 176 valence electrons. The van der Waals surface area contributed by atoms with Crippen molar-refractivity contribution >= 4 is 11.9 Å². The topological polar surface area (TPSA) is 97.9 Å². The second-order valence-electron chi connectivity index (χ2n) is 9.15. The summed E-state index contributed by atoms with van der Waals surface area (Å²) in [4.78, 5) is 40.5. The Bertz CT molecular complexity index is 1050. The van der Waals surface area contributed by atoms with Gasteiger partial charge >= 0.3 is 17.8 Å². The van der Waals surface area contributed by atoms with E-state index in [0.717, 1.165) is 30.6 Å². The molecule has 2 fully saturated rings. The van der Waals surface area contributed by atoms with Crippen molar-refractivity contribution in [1.82, 2.24) is 9.88 Å². The average molecular weight is 455 g/mol. The fourth-order valence-corrected chi connectivity index (χ4v) is 4.41. The van der Waals surface area contributed by atoms with E-state index >= 15 is 0 Å². The molecule has 0 saturated carbocycles. The monoisotopic (exact) mass is 454 g/mol. The highest BCUT2D eigenvalue weighted by atomic mass is 16.8. The molecule has 2 aromatic rings. The number of pyridine rings is 1. The number of benzene rings is 1. The van der Waals surface area contributed by atoms with Crippen LogP contribution in [0.25, 0.3) is 0 Å². The summed E-state index contributed by atoms with van der Waals surface area (Å²) in [7, 11) is 0. The van der Waals surface area contributed by atoms with Crippen LogP contribution >= 0.6 is 0 Å². The number of aromatic amines is 1. The van der Waals surface area contributed by atoms with E-state index in [4.69, 9.17) is 14.2 Å². The van der Waals surface area contributed by atoms with Crippen molar-refractivity contribution in [1.29, 1.82) is 0 Å². The molecule has 0 bridgehead atoms. The lowest BCUT2D eigenvalue weighted by Crippen LogP contribution is -2.55. The van der Waals surface area contributed by atoms with Crippen LogP contribution in [0.3, 0.4) is 0 Å². The number of nitrogens with one attached hydrogen (secondary N) is 1. The Morgan fingerprint density at radius 2 is 1.82 bits per heavy atom. The van der Waals surface area contributed by atoms with E-state index < -0.39 is 17.8 Å². The zero-order valence-electron chi connectivity index (χ0n) is 19.0. The summed E-state index contributed by atoms with van der Waals surface area (Å²) in [6.45, 7) is 5.63. The number of likely N-dealkylation sites (tertiary alicyclic amines) is 1. The molecule has 3 heterocycles. The van der Waals surface area contributed by atoms with Crippen molar-refractivity contribution in [3.05, 3.63) is 64.1 Å². The van der Waals surface area contributed by atoms with Gasteiger partial charge in [0.25, 0.3) is 5.56 Å². The van der Waals surface area contributed by atoms with Gasteiger partial charge < -0.3 is 19.2 Å². The number of rotatable bonds is 8. The Hall–Kier alpha value is -3.13. The number of nitrogens with zero attached hydrogens (tertiary/aromatic N) is 1. The second-order valence-corrected chi connectivity index (χ2v) is 9.15. The van der Waals surface area contributed by atoms with Gasteiger partial charge in [0.05, 0.1) is 6.61 Å². The zero-order chi connectivity index (χ0) is 23.4. The van der Waals surface area contributed by atoms with Crippen LogP contribution in [0.15, 0.2) is 47.4 Å². The Morgan fingerprint density at radius 3 is 2.55 bits per heavy atom. The van der Waals surface area contributed by atoms with Crippen LogP contribution in [0.4, 0.5) is 0 Å². The number of piperidine rings is 1. The zero-order valence-corrected chi connectivity index (χ0v) is 19.0. The molecule has 1 atom stereocenters. The Labute approximate surface area is 192 Å². The first-order valence-corrected chi connectivity index (χ1v) is 11.4. The lowest BCUT2D eigenvalue weighted by Gasteiger charge is -2.43. The molecule has 0 amide bonds. The normalized spacial score (nSPS) is 20.2. The number of H-pyrrole nitrogens is 1. The summed E-state index contributed by atoms with van der Waals surface area (Å²) in [5, 5.41) is 0. The minimum atomic E-state index is -1.47. The van der Waals surface area contributed by atoms with Crippen LogP contribution in [0, 0.1) is 11.8 Å². The standard InChI is InChI=1S/C25H30N2O6/c1-17(2)16-31-21-8-4-3-6-19(21)10-9-18-11-13-27(15-20-7-5-12-26-22(20)28)25(14-18)32-23(29)24(30)33-25/h3-8,12,17-18H,9-11,13-16H2,1-2H3,(H,26,28). The third kappa shape index (κ3) is 5.27. The van der Waals surface area contributed by atoms with Gasteiger partial charge in [-0.05, 0) is 48.8 Å². The molecular weight excluding hydrogens is 424 g/mol. The van der Waals surface area contributed by atoms with Crippen LogP contribution in [-0.2, 0) is 32.0 Å². The Kier molecular flexibility index (Phi) is 6.83. The lowest BCUT2D eigenvalue weighted by atomic mass is 9.88.